The Bertz CT molecular complexity index is 523. The summed E-state index contributed by atoms with van der Waals surface area (Å²) in [6, 6.07) is 11.7. The lowest BCUT2D eigenvalue weighted by molar-refractivity contribution is -0.116. The first-order chi connectivity index (χ1) is 9.29. The number of rotatable bonds is 6. The minimum Gasteiger partial charge on any atom is -0.326 e. The maximum absolute atomic E-state index is 11.7. The zero-order valence-electron chi connectivity index (χ0n) is 10.7. The van der Waals surface area contributed by atoms with Crippen LogP contribution in [-0.2, 0) is 4.79 Å². The Hall–Kier alpha value is -1.74. The molecule has 0 radical (unpaired) electrons. The number of hydrogen-bond acceptors (Lipinski definition) is 1. The van der Waals surface area contributed by atoms with Crippen LogP contribution in [0.3, 0.4) is 0 Å². The lowest BCUT2D eigenvalue weighted by Crippen LogP contribution is -2.11. The third kappa shape index (κ3) is 4.14. The van der Waals surface area contributed by atoms with E-state index in [-0.39, 0.29) is 5.91 Å². The Morgan fingerprint density at radius 3 is 2.68 bits per heavy atom. The molecule has 0 saturated heterocycles. The summed E-state index contributed by atoms with van der Waals surface area (Å²) in [6.45, 7) is 0. The van der Waals surface area contributed by atoms with Crippen LogP contribution >= 0.6 is 11.6 Å². The number of amides is 1. The topological polar surface area (TPSA) is 34.0 Å². The van der Waals surface area contributed by atoms with E-state index < -0.39 is 0 Å². The van der Waals surface area contributed by atoms with Gasteiger partial charge in [0.15, 0.2) is 0 Å². The van der Waals surface area contributed by atoms with E-state index in [4.69, 9.17) is 11.6 Å². The number of hydrogen-bond donors (Lipinski definition) is 1. The van der Waals surface area contributed by atoms with Crippen molar-refractivity contribution in [3.63, 3.8) is 0 Å². The van der Waals surface area contributed by atoms with Gasteiger partial charge in [0, 0.05) is 36.1 Å². The maximum Gasteiger partial charge on any atom is 0.224 e. The van der Waals surface area contributed by atoms with Gasteiger partial charge in [-0.25, -0.2) is 0 Å². The highest BCUT2D eigenvalue weighted by Gasteiger charge is 2.03. The first-order valence-electron chi connectivity index (χ1n) is 6.39. The van der Waals surface area contributed by atoms with Gasteiger partial charge in [-0.05, 0) is 43.2 Å². The van der Waals surface area contributed by atoms with E-state index in [1.54, 1.807) is 0 Å². The predicted molar refractivity (Wildman–Crippen MR) is 79.0 cm³/mol. The van der Waals surface area contributed by atoms with Gasteiger partial charge in [0.25, 0.3) is 0 Å². The monoisotopic (exact) mass is 276 g/mol. The van der Waals surface area contributed by atoms with Crippen molar-refractivity contribution >= 4 is 23.2 Å². The minimum atomic E-state index is 0.0368. The molecule has 3 nitrogen and oxygen atoms in total. The number of aromatic nitrogens is 1. The number of alkyl halides is 1. The third-order valence-corrected chi connectivity index (χ3v) is 3.09. The van der Waals surface area contributed by atoms with Crippen LogP contribution in [0.15, 0.2) is 48.8 Å². The Kier molecular flexibility index (Phi) is 5.04. The molecule has 1 aromatic carbocycles. The number of anilines is 1. The van der Waals surface area contributed by atoms with Gasteiger partial charge in [0.05, 0.1) is 0 Å². The smallest absolute Gasteiger partial charge is 0.224 e. The number of benzene rings is 1. The predicted octanol–water partition coefficient (Wildman–Crippen LogP) is 3.82. The standard InChI is InChI=1S/C15H17ClN2O/c16-9-2-1-8-15(19)17-13-6-5-7-14(12-13)18-10-3-4-11-18/h3-7,10-12H,1-2,8-9H2,(H,17,19). The van der Waals surface area contributed by atoms with E-state index in [1.807, 2.05) is 53.4 Å². The first kappa shape index (κ1) is 13.7. The molecule has 0 fully saturated rings. The summed E-state index contributed by atoms with van der Waals surface area (Å²) in [5.41, 5.74) is 1.85. The number of halogens is 1. The molecule has 0 aliphatic rings. The Morgan fingerprint density at radius 2 is 1.95 bits per heavy atom. The van der Waals surface area contributed by atoms with E-state index in [1.165, 1.54) is 0 Å². The molecule has 0 bridgehead atoms. The summed E-state index contributed by atoms with van der Waals surface area (Å²) in [5.74, 6) is 0.644. The van der Waals surface area contributed by atoms with Crippen molar-refractivity contribution in [3.8, 4) is 5.69 Å². The summed E-state index contributed by atoms with van der Waals surface area (Å²) in [6.07, 6.45) is 6.16. The lowest BCUT2D eigenvalue weighted by atomic mass is 10.2. The fourth-order valence-electron chi connectivity index (χ4n) is 1.85. The van der Waals surface area contributed by atoms with Crippen molar-refractivity contribution < 1.29 is 4.79 Å². The largest absolute Gasteiger partial charge is 0.326 e. The fourth-order valence-corrected chi connectivity index (χ4v) is 2.04. The maximum atomic E-state index is 11.7. The molecular weight excluding hydrogens is 260 g/mol. The molecule has 0 aliphatic heterocycles. The number of carbonyl (C=O) groups is 1. The van der Waals surface area contributed by atoms with Crippen LogP contribution in [0.25, 0.3) is 5.69 Å². The second kappa shape index (κ2) is 7.00. The van der Waals surface area contributed by atoms with Gasteiger partial charge in [0.1, 0.15) is 0 Å². The second-order valence-electron chi connectivity index (χ2n) is 4.33. The minimum absolute atomic E-state index is 0.0368. The summed E-state index contributed by atoms with van der Waals surface area (Å²) in [5, 5.41) is 2.91. The number of unbranched alkanes of at least 4 members (excludes halogenated alkanes) is 1. The van der Waals surface area contributed by atoms with Crippen molar-refractivity contribution in [1.82, 2.24) is 4.57 Å². The number of carbonyl (C=O) groups excluding carboxylic acids is 1. The summed E-state index contributed by atoms with van der Waals surface area (Å²) in [4.78, 5) is 11.7. The molecule has 1 amide bonds. The molecule has 0 atom stereocenters. The molecule has 0 aliphatic carbocycles. The summed E-state index contributed by atoms with van der Waals surface area (Å²) < 4.78 is 2.00. The Labute approximate surface area is 118 Å². The van der Waals surface area contributed by atoms with Crippen molar-refractivity contribution in [2.24, 2.45) is 0 Å². The van der Waals surface area contributed by atoms with E-state index >= 15 is 0 Å². The molecule has 2 rings (SSSR count). The average Bonchev–Trinajstić information content (AvgIpc) is 2.93. The van der Waals surface area contributed by atoms with E-state index in [0.29, 0.717) is 12.3 Å². The highest BCUT2D eigenvalue weighted by Crippen LogP contribution is 2.15. The molecule has 1 aromatic heterocycles. The lowest BCUT2D eigenvalue weighted by Gasteiger charge is -2.08. The number of nitrogens with one attached hydrogen (secondary N) is 1. The Morgan fingerprint density at radius 1 is 1.16 bits per heavy atom. The van der Waals surface area contributed by atoms with Gasteiger partial charge < -0.3 is 9.88 Å². The molecular formula is C15H17ClN2O. The van der Waals surface area contributed by atoms with Gasteiger partial charge in [-0.2, -0.15) is 0 Å². The van der Waals surface area contributed by atoms with Gasteiger partial charge >= 0.3 is 0 Å². The first-order valence-corrected chi connectivity index (χ1v) is 6.92. The van der Waals surface area contributed by atoms with Crippen LogP contribution in [0.5, 0.6) is 0 Å². The Balaban J connectivity index is 1.97. The van der Waals surface area contributed by atoms with Crippen LogP contribution in [0.1, 0.15) is 19.3 Å². The highest BCUT2D eigenvalue weighted by molar-refractivity contribution is 6.17. The van der Waals surface area contributed by atoms with E-state index in [0.717, 1.165) is 24.2 Å². The average molecular weight is 277 g/mol. The quantitative estimate of drug-likeness (QED) is 0.631. The second-order valence-corrected chi connectivity index (χ2v) is 4.71. The van der Waals surface area contributed by atoms with Crippen molar-refractivity contribution in [3.05, 3.63) is 48.8 Å². The molecule has 0 spiro atoms. The number of nitrogens with zero attached hydrogens (tertiary/aromatic N) is 1. The van der Waals surface area contributed by atoms with E-state index in [9.17, 15) is 4.79 Å². The van der Waals surface area contributed by atoms with Gasteiger partial charge in [-0.3, -0.25) is 4.79 Å². The zero-order valence-corrected chi connectivity index (χ0v) is 11.4. The molecule has 1 N–H and O–H groups in total. The van der Waals surface area contributed by atoms with Crippen LogP contribution in [0.4, 0.5) is 5.69 Å². The molecule has 0 saturated carbocycles. The van der Waals surface area contributed by atoms with Crippen molar-refractivity contribution in [1.29, 1.82) is 0 Å². The van der Waals surface area contributed by atoms with Crippen LogP contribution in [0, 0.1) is 0 Å². The molecule has 0 unspecified atom stereocenters. The third-order valence-electron chi connectivity index (χ3n) is 2.82. The van der Waals surface area contributed by atoms with Crippen molar-refractivity contribution in [2.45, 2.75) is 19.3 Å². The van der Waals surface area contributed by atoms with Gasteiger partial charge in [-0.1, -0.05) is 6.07 Å². The zero-order chi connectivity index (χ0) is 13.5. The molecule has 1 heterocycles. The molecule has 4 heteroatoms. The van der Waals surface area contributed by atoms with Gasteiger partial charge in [0.2, 0.25) is 5.91 Å². The summed E-state index contributed by atoms with van der Waals surface area (Å²) in [7, 11) is 0. The highest BCUT2D eigenvalue weighted by atomic mass is 35.5. The summed E-state index contributed by atoms with van der Waals surface area (Å²) >= 11 is 5.59. The molecule has 2 aromatic rings. The van der Waals surface area contributed by atoms with Gasteiger partial charge in [-0.15, -0.1) is 11.6 Å². The SMILES string of the molecule is O=C(CCCCCl)Nc1cccc(-n2cccc2)c1. The van der Waals surface area contributed by atoms with Crippen molar-refractivity contribution in [2.75, 3.05) is 11.2 Å². The molecule has 100 valence electrons. The fraction of sp³-hybridized carbons (Fsp3) is 0.267. The van der Waals surface area contributed by atoms with Crippen LogP contribution in [-0.4, -0.2) is 16.4 Å². The normalized spacial score (nSPS) is 10.4. The van der Waals surface area contributed by atoms with Crippen LogP contribution in [0.2, 0.25) is 0 Å². The molecule has 19 heavy (non-hydrogen) atoms. The van der Waals surface area contributed by atoms with Crippen LogP contribution < -0.4 is 5.32 Å². The van der Waals surface area contributed by atoms with E-state index in [2.05, 4.69) is 5.32 Å².